The molecule has 7 heteroatoms. The summed E-state index contributed by atoms with van der Waals surface area (Å²) < 4.78 is 0.891. The summed E-state index contributed by atoms with van der Waals surface area (Å²) in [6, 6.07) is 5.20. The van der Waals surface area contributed by atoms with Crippen LogP contribution in [0.1, 0.15) is 11.3 Å². The van der Waals surface area contributed by atoms with E-state index >= 15 is 0 Å². The molecule has 18 heavy (non-hydrogen) atoms. The van der Waals surface area contributed by atoms with Crippen molar-refractivity contribution in [3.63, 3.8) is 0 Å². The van der Waals surface area contributed by atoms with Gasteiger partial charge in [0, 0.05) is 26.6 Å². The van der Waals surface area contributed by atoms with Crippen molar-refractivity contribution in [2.45, 2.75) is 16.2 Å². The van der Waals surface area contributed by atoms with Gasteiger partial charge in [0.15, 0.2) is 10.2 Å². The Labute approximate surface area is 117 Å². The molecule has 0 saturated carbocycles. The average Bonchev–Trinajstić information content (AvgIpc) is 2.74. The number of nitrogens with two attached hydrogens (primary N) is 1. The van der Waals surface area contributed by atoms with Crippen LogP contribution in [0.25, 0.3) is 0 Å². The Morgan fingerprint density at radius 2 is 2.33 bits per heavy atom. The molecule has 0 spiro atoms. The Bertz CT molecular complexity index is 598. The molecule has 1 aromatic heterocycles. The second-order valence-corrected chi connectivity index (χ2v) is 6.07. The molecule has 0 atom stereocenters. The van der Waals surface area contributed by atoms with Crippen LogP contribution in [0.4, 0.5) is 0 Å². The largest absolute Gasteiger partial charge is 0.409 e. The molecule has 0 fully saturated rings. The number of aromatic nitrogens is 1. The van der Waals surface area contributed by atoms with Crippen LogP contribution < -0.4 is 5.73 Å². The topological polar surface area (TPSA) is 71.5 Å². The lowest BCUT2D eigenvalue weighted by Gasteiger charge is -2.06. The Kier molecular flexibility index (Phi) is 4.11. The Morgan fingerprint density at radius 3 is 2.94 bits per heavy atom. The van der Waals surface area contributed by atoms with Gasteiger partial charge in [-0.25, -0.2) is 4.98 Å². The first-order valence-corrected chi connectivity index (χ1v) is 7.05. The molecule has 0 aliphatic rings. The van der Waals surface area contributed by atoms with E-state index in [9.17, 15) is 0 Å². The zero-order valence-corrected chi connectivity index (χ0v) is 11.8. The van der Waals surface area contributed by atoms with Crippen molar-refractivity contribution >= 4 is 40.5 Å². The lowest BCUT2D eigenvalue weighted by atomic mass is 10.2. The van der Waals surface area contributed by atoms with Gasteiger partial charge in [0.25, 0.3) is 0 Å². The molecule has 0 radical (unpaired) electrons. The molecule has 2 rings (SSSR count). The molecule has 2 aromatic rings. The van der Waals surface area contributed by atoms with Crippen molar-refractivity contribution in [2.24, 2.45) is 10.9 Å². The Balaban J connectivity index is 2.39. The maximum Gasteiger partial charge on any atom is 0.171 e. The second kappa shape index (κ2) is 5.60. The summed E-state index contributed by atoms with van der Waals surface area (Å²) in [5, 5.41) is 14.3. The fourth-order valence-corrected chi connectivity index (χ4v) is 3.53. The average molecular weight is 300 g/mol. The first-order chi connectivity index (χ1) is 8.60. The van der Waals surface area contributed by atoms with E-state index in [4.69, 9.17) is 22.5 Å². The summed E-state index contributed by atoms with van der Waals surface area (Å²) in [5.74, 6) is 0.0578. The summed E-state index contributed by atoms with van der Waals surface area (Å²) >= 11 is 8.95. The van der Waals surface area contributed by atoms with Gasteiger partial charge in [-0.2, -0.15) is 0 Å². The van der Waals surface area contributed by atoms with Crippen LogP contribution in [0, 0.1) is 6.92 Å². The number of hydrogen-bond acceptors (Lipinski definition) is 5. The molecule has 1 aromatic carbocycles. The van der Waals surface area contributed by atoms with Crippen LogP contribution in [0.2, 0.25) is 5.02 Å². The number of hydrogen-bond donors (Lipinski definition) is 2. The number of benzene rings is 1. The summed E-state index contributed by atoms with van der Waals surface area (Å²) in [5.41, 5.74) is 7.24. The van der Waals surface area contributed by atoms with Gasteiger partial charge in [-0.3, -0.25) is 0 Å². The molecule has 4 nitrogen and oxygen atoms in total. The van der Waals surface area contributed by atoms with E-state index in [1.807, 2.05) is 12.3 Å². The number of halogens is 1. The van der Waals surface area contributed by atoms with E-state index in [2.05, 4.69) is 10.1 Å². The normalized spacial score (nSPS) is 11.8. The van der Waals surface area contributed by atoms with Crippen molar-refractivity contribution in [3.05, 3.63) is 39.9 Å². The standard InChI is InChI=1S/C11H10ClN3OS2/c1-6-5-17-11(14-6)18-9-4-7(12)2-3-8(9)10(13)15-16/h2-5,16H,1H3,(H2,13,15). The predicted molar refractivity (Wildman–Crippen MR) is 74.9 cm³/mol. The predicted octanol–water partition coefficient (Wildman–Crippen LogP) is 3.35. The molecule has 0 aliphatic heterocycles. The number of amidine groups is 1. The maximum atomic E-state index is 8.76. The van der Waals surface area contributed by atoms with E-state index < -0.39 is 0 Å². The maximum absolute atomic E-state index is 8.76. The van der Waals surface area contributed by atoms with E-state index in [0.717, 1.165) is 14.9 Å². The minimum absolute atomic E-state index is 0.0578. The van der Waals surface area contributed by atoms with E-state index in [0.29, 0.717) is 10.6 Å². The summed E-state index contributed by atoms with van der Waals surface area (Å²) in [6.07, 6.45) is 0. The van der Waals surface area contributed by atoms with Gasteiger partial charge in [-0.05, 0) is 25.1 Å². The molecule has 1 heterocycles. The van der Waals surface area contributed by atoms with Gasteiger partial charge in [0.05, 0.1) is 0 Å². The first-order valence-electron chi connectivity index (χ1n) is 4.97. The van der Waals surface area contributed by atoms with Gasteiger partial charge in [-0.1, -0.05) is 28.5 Å². The third-order valence-corrected chi connectivity index (χ3v) is 4.47. The van der Waals surface area contributed by atoms with Gasteiger partial charge in [0.2, 0.25) is 0 Å². The smallest absolute Gasteiger partial charge is 0.171 e. The number of rotatable bonds is 3. The lowest BCUT2D eigenvalue weighted by molar-refractivity contribution is 0.318. The highest BCUT2D eigenvalue weighted by molar-refractivity contribution is 8.01. The summed E-state index contributed by atoms with van der Waals surface area (Å²) in [6.45, 7) is 1.93. The van der Waals surface area contributed by atoms with E-state index in [-0.39, 0.29) is 5.84 Å². The van der Waals surface area contributed by atoms with Crippen molar-refractivity contribution in [3.8, 4) is 0 Å². The molecular formula is C11H10ClN3OS2. The van der Waals surface area contributed by atoms with Crippen LogP contribution >= 0.6 is 34.7 Å². The minimum atomic E-state index is 0.0578. The van der Waals surface area contributed by atoms with Crippen molar-refractivity contribution < 1.29 is 5.21 Å². The van der Waals surface area contributed by atoms with Crippen LogP contribution in [-0.2, 0) is 0 Å². The van der Waals surface area contributed by atoms with E-state index in [1.165, 1.54) is 11.8 Å². The second-order valence-electron chi connectivity index (χ2n) is 3.48. The van der Waals surface area contributed by atoms with Gasteiger partial charge in [-0.15, -0.1) is 11.3 Å². The van der Waals surface area contributed by atoms with Crippen LogP contribution in [0.15, 0.2) is 38.0 Å². The van der Waals surface area contributed by atoms with Crippen LogP contribution in [0.5, 0.6) is 0 Å². The molecule has 0 bridgehead atoms. The third-order valence-electron chi connectivity index (χ3n) is 2.12. The zero-order valence-electron chi connectivity index (χ0n) is 9.42. The highest BCUT2D eigenvalue weighted by Crippen LogP contribution is 2.34. The molecule has 0 saturated heterocycles. The van der Waals surface area contributed by atoms with Crippen molar-refractivity contribution in [1.82, 2.24) is 4.98 Å². The molecular weight excluding hydrogens is 290 g/mol. The van der Waals surface area contributed by atoms with E-state index in [1.54, 1.807) is 29.5 Å². The highest BCUT2D eigenvalue weighted by Gasteiger charge is 2.11. The molecule has 3 N–H and O–H groups in total. The first kappa shape index (κ1) is 13.2. The summed E-state index contributed by atoms with van der Waals surface area (Å²) in [7, 11) is 0. The van der Waals surface area contributed by atoms with Gasteiger partial charge >= 0.3 is 0 Å². The highest BCUT2D eigenvalue weighted by atomic mass is 35.5. The Morgan fingerprint density at radius 1 is 1.56 bits per heavy atom. The quantitative estimate of drug-likeness (QED) is 0.394. The SMILES string of the molecule is Cc1csc(Sc2cc(Cl)ccc2C(N)=NO)n1. The van der Waals surface area contributed by atoms with Crippen LogP contribution in [-0.4, -0.2) is 16.0 Å². The van der Waals surface area contributed by atoms with Crippen molar-refractivity contribution in [1.29, 1.82) is 0 Å². The third kappa shape index (κ3) is 2.95. The number of oxime groups is 1. The molecule has 0 aliphatic carbocycles. The fraction of sp³-hybridized carbons (Fsp3) is 0.0909. The van der Waals surface area contributed by atoms with Crippen LogP contribution in [0.3, 0.4) is 0 Å². The fourth-order valence-electron chi connectivity index (χ4n) is 1.32. The monoisotopic (exact) mass is 299 g/mol. The number of nitrogens with zero attached hydrogens (tertiary/aromatic N) is 2. The number of thiazole rings is 1. The van der Waals surface area contributed by atoms with Gasteiger partial charge in [0.1, 0.15) is 0 Å². The van der Waals surface area contributed by atoms with Crippen molar-refractivity contribution in [2.75, 3.05) is 0 Å². The minimum Gasteiger partial charge on any atom is -0.409 e. The number of aryl methyl sites for hydroxylation is 1. The Hall–Kier alpha value is -1.24. The molecule has 0 unspecified atom stereocenters. The zero-order chi connectivity index (χ0) is 13.1. The summed E-state index contributed by atoms with van der Waals surface area (Å²) in [4.78, 5) is 5.17. The van der Waals surface area contributed by atoms with Gasteiger partial charge < -0.3 is 10.9 Å². The molecule has 0 amide bonds. The lowest BCUT2D eigenvalue weighted by Crippen LogP contribution is -2.14. The molecule has 94 valence electrons.